The normalized spacial score (nSPS) is 10.8. The lowest BCUT2D eigenvalue weighted by molar-refractivity contribution is 0.469. The molecule has 2 aromatic heterocycles. The maximum absolute atomic E-state index is 5.46. The van der Waals surface area contributed by atoms with Crippen molar-refractivity contribution in [1.29, 1.82) is 0 Å². The van der Waals surface area contributed by atoms with Gasteiger partial charge in [0.05, 0.1) is 6.54 Å². The van der Waals surface area contributed by atoms with Gasteiger partial charge >= 0.3 is 0 Å². The number of nitrogens with zero attached hydrogens (tertiary/aromatic N) is 2. The van der Waals surface area contributed by atoms with E-state index in [4.69, 9.17) is 4.42 Å². The summed E-state index contributed by atoms with van der Waals surface area (Å²) in [7, 11) is 0. The minimum Gasteiger partial charge on any atom is -0.452 e. The Bertz CT molecular complexity index is 433. The lowest BCUT2D eigenvalue weighted by atomic mass is 10.3. The molecular weight excluding hydrogens is 256 g/mol. The van der Waals surface area contributed by atoms with Gasteiger partial charge < -0.3 is 8.98 Å². The Morgan fingerprint density at radius 3 is 3.00 bits per heavy atom. The highest BCUT2D eigenvalue weighted by Gasteiger charge is 2.05. The number of hydrogen-bond donors (Lipinski definition) is 0. The van der Waals surface area contributed by atoms with Crippen LogP contribution in [0.1, 0.15) is 24.9 Å². The Hall–Kier alpha value is -1.03. The first kappa shape index (κ1) is 10.5. The molecule has 2 aromatic rings. The van der Waals surface area contributed by atoms with Gasteiger partial charge in [-0.25, -0.2) is 4.98 Å². The maximum Gasteiger partial charge on any atom is 0.169 e. The molecule has 0 spiro atoms. The van der Waals surface area contributed by atoms with Crippen molar-refractivity contribution in [2.75, 3.05) is 0 Å². The number of furan rings is 1. The molecule has 0 aromatic carbocycles. The van der Waals surface area contributed by atoms with Crippen molar-refractivity contribution in [3.05, 3.63) is 40.8 Å². The molecule has 0 N–H and O–H groups in total. The Kier molecular flexibility index (Phi) is 3.26. The number of aryl methyl sites for hydroxylation is 1. The van der Waals surface area contributed by atoms with Crippen LogP contribution in [0.15, 0.2) is 33.6 Å². The van der Waals surface area contributed by atoms with E-state index in [1.165, 1.54) is 0 Å². The van der Waals surface area contributed by atoms with E-state index in [9.17, 15) is 0 Å². The highest BCUT2D eigenvalue weighted by Crippen LogP contribution is 2.15. The third-order valence-electron chi connectivity index (χ3n) is 2.23. The van der Waals surface area contributed by atoms with Gasteiger partial charge in [0.2, 0.25) is 0 Å². The molecule has 0 aliphatic carbocycles. The van der Waals surface area contributed by atoms with Gasteiger partial charge in [0.15, 0.2) is 4.67 Å². The van der Waals surface area contributed by atoms with Crippen molar-refractivity contribution < 1.29 is 4.42 Å². The summed E-state index contributed by atoms with van der Waals surface area (Å²) < 4.78 is 8.35. The predicted octanol–water partition coefficient (Wildman–Crippen LogP) is 3.24. The lowest BCUT2D eigenvalue weighted by Crippen LogP contribution is -2.03. The van der Waals surface area contributed by atoms with E-state index in [0.717, 1.165) is 35.6 Å². The molecule has 15 heavy (non-hydrogen) atoms. The van der Waals surface area contributed by atoms with E-state index in [1.807, 2.05) is 24.5 Å². The Morgan fingerprint density at radius 1 is 1.47 bits per heavy atom. The van der Waals surface area contributed by atoms with Gasteiger partial charge in [0.25, 0.3) is 0 Å². The smallest absolute Gasteiger partial charge is 0.169 e. The summed E-state index contributed by atoms with van der Waals surface area (Å²) in [6.07, 6.45) is 5.94. The average Bonchev–Trinajstić information content (AvgIpc) is 2.78. The summed E-state index contributed by atoms with van der Waals surface area (Å²) >= 11 is 3.29. The Labute approximate surface area is 97.2 Å². The number of hydrogen-bond acceptors (Lipinski definition) is 2. The maximum atomic E-state index is 5.46. The van der Waals surface area contributed by atoms with Crippen LogP contribution in [-0.2, 0) is 13.0 Å². The fourth-order valence-corrected chi connectivity index (χ4v) is 1.88. The molecule has 0 amide bonds. The summed E-state index contributed by atoms with van der Waals surface area (Å²) in [6.45, 7) is 2.91. The van der Waals surface area contributed by atoms with Crippen molar-refractivity contribution in [1.82, 2.24) is 9.55 Å². The molecule has 0 aliphatic rings. The van der Waals surface area contributed by atoms with Crippen LogP contribution in [0, 0.1) is 0 Å². The Morgan fingerprint density at radius 2 is 2.33 bits per heavy atom. The molecule has 0 bridgehead atoms. The predicted molar refractivity (Wildman–Crippen MR) is 61.7 cm³/mol. The highest BCUT2D eigenvalue weighted by atomic mass is 79.9. The van der Waals surface area contributed by atoms with Crippen LogP contribution in [0.25, 0.3) is 0 Å². The lowest BCUT2D eigenvalue weighted by Gasteiger charge is -2.04. The molecule has 2 heterocycles. The van der Waals surface area contributed by atoms with Gasteiger partial charge in [-0.3, -0.25) is 0 Å². The Balaban J connectivity index is 2.13. The van der Waals surface area contributed by atoms with E-state index in [1.54, 1.807) is 0 Å². The summed E-state index contributed by atoms with van der Waals surface area (Å²) in [4.78, 5) is 4.32. The molecule has 0 fully saturated rings. The van der Waals surface area contributed by atoms with Gasteiger partial charge in [0, 0.05) is 18.8 Å². The molecule has 2 rings (SSSR count). The third kappa shape index (κ3) is 2.50. The minimum absolute atomic E-state index is 0.751. The zero-order chi connectivity index (χ0) is 10.7. The molecule has 0 aliphatic heterocycles. The van der Waals surface area contributed by atoms with Crippen molar-refractivity contribution in [2.24, 2.45) is 0 Å². The molecule has 0 atom stereocenters. The van der Waals surface area contributed by atoms with E-state index in [0.29, 0.717) is 0 Å². The largest absolute Gasteiger partial charge is 0.452 e. The van der Waals surface area contributed by atoms with Crippen LogP contribution < -0.4 is 0 Å². The van der Waals surface area contributed by atoms with Crippen LogP contribution >= 0.6 is 15.9 Å². The number of rotatable bonds is 4. The third-order valence-corrected chi connectivity index (χ3v) is 2.66. The second-order valence-electron chi connectivity index (χ2n) is 3.43. The summed E-state index contributed by atoms with van der Waals surface area (Å²) in [6, 6.07) is 3.88. The zero-order valence-corrected chi connectivity index (χ0v) is 10.2. The van der Waals surface area contributed by atoms with Gasteiger partial charge in [-0.2, -0.15) is 0 Å². The van der Waals surface area contributed by atoms with Gasteiger partial charge in [-0.1, -0.05) is 6.92 Å². The molecule has 0 unspecified atom stereocenters. The van der Waals surface area contributed by atoms with Crippen LogP contribution in [0.4, 0.5) is 0 Å². The van der Waals surface area contributed by atoms with Crippen molar-refractivity contribution in [3.8, 4) is 0 Å². The standard InChI is InChI=1S/C11H13BrN2O/c1-2-3-11-13-6-7-14(11)8-9-4-5-10(12)15-9/h4-7H,2-3,8H2,1H3. The van der Waals surface area contributed by atoms with Crippen molar-refractivity contribution in [3.63, 3.8) is 0 Å². The number of aromatic nitrogens is 2. The van der Waals surface area contributed by atoms with Gasteiger partial charge in [0.1, 0.15) is 11.6 Å². The number of halogens is 1. The second-order valence-corrected chi connectivity index (χ2v) is 4.21. The SMILES string of the molecule is CCCc1nccn1Cc1ccc(Br)o1. The average molecular weight is 269 g/mol. The van der Waals surface area contributed by atoms with Crippen LogP contribution in [0.2, 0.25) is 0 Å². The first-order valence-corrected chi connectivity index (χ1v) is 5.83. The van der Waals surface area contributed by atoms with E-state index in [2.05, 4.69) is 32.4 Å². The minimum atomic E-state index is 0.751. The highest BCUT2D eigenvalue weighted by molar-refractivity contribution is 9.10. The first-order valence-electron chi connectivity index (χ1n) is 5.04. The van der Waals surface area contributed by atoms with E-state index in [-0.39, 0.29) is 0 Å². The first-order chi connectivity index (χ1) is 7.29. The molecule has 0 saturated carbocycles. The molecule has 4 heteroatoms. The fraction of sp³-hybridized carbons (Fsp3) is 0.364. The topological polar surface area (TPSA) is 31.0 Å². The second kappa shape index (κ2) is 4.66. The van der Waals surface area contributed by atoms with Crippen LogP contribution in [0.5, 0.6) is 0 Å². The molecule has 80 valence electrons. The monoisotopic (exact) mass is 268 g/mol. The summed E-state index contributed by atoms with van der Waals surface area (Å²) in [5, 5.41) is 0. The molecule has 3 nitrogen and oxygen atoms in total. The van der Waals surface area contributed by atoms with E-state index >= 15 is 0 Å². The summed E-state index contributed by atoms with van der Waals surface area (Å²) in [5.74, 6) is 2.06. The summed E-state index contributed by atoms with van der Waals surface area (Å²) in [5.41, 5.74) is 0. The van der Waals surface area contributed by atoms with Crippen LogP contribution in [0.3, 0.4) is 0 Å². The molecule has 0 radical (unpaired) electrons. The zero-order valence-electron chi connectivity index (χ0n) is 8.61. The van der Waals surface area contributed by atoms with Crippen LogP contribution in [-0.4, -0.2) is 9.55 Å². The quantitative estimate of drug-likeness (QED) is 0.853. The number of imidazole rings is 1. The van der Waals surface area contributed by atoms with Gasteiger partial charge in [-0.15, -0.1) is 0 Å². The van der Waals surface area contributed by atoms with E-state index < -0.39 is 0 Å². The molecular formula is C11H13BrN2O. The van der Waals surface area contributed by atoms with Gasteiger partial charge in [-0.05, 0) is 34.5 Å². The fourth-order valence-electron chi connectivity index (χ4n) is 1.54. The molecule has 0 saturated heterocycles. The van der Waals surface area contributed by atoms with Crippen molar-refractivity contribution in [2.45, 2.75) is 26.3 Å². The van der Waals surface area contributed by atoms with Crippen molar-refractivity contribution >= 4 is 15.9 Å².